The molecular weight excluding hydrogens is 518 g/mol. The van der Waals surface area contributed by atoms with Crippen molar-refractivity contribution in [1.29, 1.82) is 0 Å². The molecule has 1 aliphatic heterocycles. The quantitative estimate of drug-likeness (QED) is 0.201. The van der Waals surface area contributed by atoms with E-state index in [1.807, 2.05) is 20.8 Å². The maximum atomic E-state index is 13.1. The second-order valence-electron chi connectivity index (χ2n) is 11.7. The lowest BCUT2D eigenvalue weighted by atomic mass is 9.63. The molecule has 1 heterocycles. The number of carboxylic acid groups (broad SMARTS) is 1. The minimum atomic E-state index is -1.23. The van der Waals surface area contributed by atoms with Gasteiger partial charge in [-0.1, -0.05) is 20.8 Å². The van der Waals surface area contributed by atoms with Gasteiger partial charge in [-0.15, -0.1) is 0 Å². The summed E-state index contributed by atoms with van der Waals surface area (Å²) < 4.78 is 17.0. The molecule has 1 saturated carbocycles. The van der Waals surface area contributed by atoms with Gasteiger partial charge in [0, 0.05) is 48.8 Å². The molecule has 1 saturated heterocycles. The minimum Gasteiger partial charge on any atom is -0.481 e. The summed E-state index contributed by atoms with van der Waals surface area (Å²) in [5.41, 5.74) is 1.75. The highest BCUT2D eigenvalue weighted by Crippen LogP contribution is 2.45. The molecule has 7 atom stereocenters. The summed E-state index contributed by atoms with van der Waals surface area (Å²) in [6, 6.07) is 0. The first-order valence-electron chi connectivity index (χ1n) is 14.8. The number of aliphatic imine (C=N–C) groups is 1. The van der Waals surface area contributed by atoms with Gasteiger partial charge in [0.15, 0.2) is 12.1 Å². The number of allylic oxidation sites excluding steroid dienone is 1. The summed E-state index contributed by atoms with van der Waals surface area (Å²) in [4.78, 5) is 41.5. The summed E-state index contributed by atoms with van der Waals surface area (Å²) in [7, 11) is 0. The predicted octanol–water partition coefficient (Wildman–Crippen LogP) is 3.32. The predicted molar refractivity (Wildman–Crippen MR) is 148 cm³/mol. The molecular formula is C30H47NO9. The van der Waals surface area contributed by atoms with Crippen LogP contribution in [-0.2, 0) is 28.6 Å². The molecule has 0 aromatic heterocycles. The number of carbonyl (C=O) groups is 3. The van der Waals surface area contributed by atoms with E-state index in [2.05, 4.69) is 0 Å². The Morgan fingerprint density at radius 3 is 2.58 bits per heavy atom. The number of hydrogen-bond acceptors (Lipinski definition) is 9. The Kier molecular flexibility index (Phi) is 12.9. The van der Waals surface area contributed by atoms with Crippen molar-refractivity contribution in [2.75, 3.05) is 26.6 Å². The monoisotopic (exact) mass is 565 g/mol. The number of hydrogen-bond donors (Lipinski definition) is 3. The van der Waals surface area contributed by atoms with Crippen LogP contribution in [0.4, 0.5) is 0 Å². The maximum Gasteiger partial charge on any atom is 0.305 e. The fraction of sp³-hybridized carbons (Fsp3) is 0.800. The van der Waals surface area contributed by atoms with Crippen molar-refractivity contribution in [2.45, 2.75) is 97.1 Å². The van der Waals surface area contributed by atoms with Gasteiger partial charge in [-0.3, -0.25) is 19.4 Å². The van der Waals surface area contributed by atoms with Gasteiger partial charge >= 0.3 is 5.97 Å². The number of Topliss-reactive ketones (excluding diaryl/α,β-unsaturated/α-hetero) is 1. The fourth-order valence-electron chi connectivity index (χ4n) is 6.02. The molecule has 0 aromatic carbocycles. The van der Waals surface area contributed by atoms with E-state index in [4.69, 9.17) is 24.3 Å². The Hall–Kier alpha value is -1.98. The number of fused-ring (bicyclic) bond motifs is 1. The summed E-state index contributed by atoms with van der Waals surface area (Å²) in [5, 5.41) is 29.5. The van der Waals surface area contributed by atoms with Crippen LogP contribution in [0.25, 0.3) is 0 Å². The number of aliphatic hydroxyl groups is 2. The molecule has 0 radical (unpaired) electrons. The molecule has 10 nitrogen and oxygen atoms in total. The van der Waals surface area contributed by atoms with E-state index in [1.54, 1.807) is 6.08 Å². The Labute approximate surface area is 237 Å². The number of aliphatic carboxylic acids is 1. The van der Waals surface area contributed by atoms with Gasteiger partial charge in [-0.05, 0) is 56.1 Å². The molecule has 226 valence electrons. The number of ether oxygens (including phenoxy) is 3. The molecule has 3 rings (SSSR count). The summed E-state index contributed by atoms with van der Waals surface area (Å²) in [6.45, 7) is 8.17. The fourth-order valence-corrected chi connectivity index (χ4v) is 6.02. The van der Waals surface area contributed by atoms with E-state index in [-0.39, 0.29) is 54.2 Å². The van der Waals surface area contributed by atoms with Gasteiger partial charge in [0.05, 0.1) is 31.8 Å². The van der Waals surface area contributed by atoms with Crippen LogP contribution in [0.5, 0.6) is 0 Å². The second-order valence-corrected chi connectivity index (χ2v) is 11.7. The number of carboxylic acids is 1. The molecule has 0 bridgehead atoms. The van der Waals surface area contributed by atoms with Crippen molar-refractivity contribution in [3.05, 3.63) is 11.6 Å². The first-order chi connectivity index (χ1) is 19.1. The Bertz CT molecular complexity index is 926. The third-order valence-electron chi connectivity index (χ3n) is 8.63. The Balaban J connectivity index is 1.75. The summed E-state index contributed by atoms with van der Waals surface area (Å²) in [6.07, 6.45) is 2.91. The van der Waals surface area contributed by atoms with Crippen LogP contribution in [0.2, 0.25) is 0 Å². The normalized spacial score (nSPS) is 29.0. The van der Waals surface area contributed by atoms with Gasteiger partial charge < -0.3 is 29.5 Å². The van der Waals surface area contributed by atoms with Crippen molar-refractivity contribution in [1.82, 2.24) is 0 Å². The van der Waals surface area contributed by atoms with Gasteiger partial charge in [0.1, 0.15) is 12.6 Å². The summed E-state index contributed by atoms with van der Waals surface area (Å²) >= 11 is 0. The Morgan fingerprint density at radius 2 is 1.90 bits per heavy atom. The number of aliphatic hydroxyl groups excluding tert-OH is 2. The number of ketones is 2. The molecule has 7 unspecified atom stereocenters. The lowest BCUT2D eigenvalue weighted by Gasteiger charge is -2.45. The van der Waals surface area contributed by atoms with Gasteiger partial charge in [-0.2, -0.15) is 0 Å². The highest BCUT2D eigenvalue weighted by molar-refractivity contribution is 6.08. The smallest absolute Gasteiger partial charge is 0.305 e. The summed E-state index contributed by atoms with van der Waals surface area (Å²) in [5.74, 6) is -1.84. The highest BCUT2D eigenvalue weighted by atomic mass is 16.7. The first-order valence-corrected chi connectivity index (χ1v) is 14.8. The van der Waals surface area contributed by atoms with Crippen molar-refractivity contribution in [3.63, 3.8) is 0 Å². The number of carbonyl (C=O) groups excluding carboxylic acids is 2. The molecule has 0 aromatic rings. The first kappa shape index (κ1) is 32.5. The van der Waals surface area contributed by atoms with E-state index in [0.29, 0.717) is 51.7 Å². The molecule has 3 N–H and O–H groups in total. The molecule has 10 heteroatoms. The van der Waals surface area contributed by atoms with Crippen LogP contribution in [0.15, 0.2) is 16.6 Å². The third-order valence-corrected chi connectivity index (χ3v) is 8.63. The van der Waals surface area contributed by atoms with Crippen molar-refractivity contribution in [2.24, 2.45) is 34.6 Å². The standard InChI is InChI=1S/C30H47NO9/c1-4-18(2)30(37)40-27-10-9-25(31-11-5-6-20-15-38-17-39-16-20)24-14-26(34)19(3)23(29(24)27)8-7-21(32)12-22(33)13-28(35)36/h14,18-20,22-23,27,29-30,33,37H,4-13,15-17H2,1-3H3,(H,35,36). The lowest BCUT2D eigenvalue weighted by molar-refractivity contribution is -0.181. The van der Waals surface area contributed by atoms with E-state index >= 15 is 0 Å². The Morgan fingerprint density at radius 1 is 1.18 bits per heavy atom. The average Bonchev–Trinajstić information content (AvgIpc) is 2.91. The maximum absolute atomic E-state index is 13.1. The molecule has 0 amide bonds. The lowest BCUT2D eigenvalue weighted by Crippen LogP contribution is -2.47. The van der Waals surface area contributed by atoms with Crippen LogP contribution >= 0.6 is 0 Å². The van der Waals surface area contributed by atoms with Crippen molar-refractivity contribution < 1.29 is 43.9 Å². The second kappa shape index (κ2) is 15.9. The van der Waals surface area contributed by atoms with Crippen LogP contribution < -0.4 is 0 Å². The molecule has 2 fully saturated rings. The topological polar surface area (TPSA) is 152 Å². The van der Waals surface area contributed by atoms with Gasteiger partial charge in [0.2, 0.25) is 0 Å². The van der Waals surface area contributed by atoms with Crippen molar-refractivity contribution >= 4 is 23.2 Å². The van der Waals surface area contributed by atoms with E-state index in [9.17, 15) is 24.6 Å². The molecule has 40 heavy (non-hydrogen) atoms. The zero-order chi connectivity index (χ0) is 29.2. The molecule has 2 aliphatic carbocycles. The van der Waals surface area contributed by atoms with Gasteiger partial charge in [0.25, 0.3) is 0 Å². The zero-order valence-electron chi connectivity index (χ0n) is 24.1. The van der Waals surface area contributed by atoms with E-state index < -0.39 is 24.8 Å². The third kappa shape index (κ3) is 9.27. The zero-order valence-corrected chi connectivity index (χ0v) is 24.1. The van der Waals surface area contributed by atoms with Crippen LogP contribution in [0, 0.1) is 29.6 Å². The molecule has 0 spiro atoms. The highest BCUT2D eigenvalue weighted by Gasteiger charge is 2.46. The van der Waals surface area contributed by atoms with Crippen molar-refractivity contribution in [3.8, 4) is 0 Å². The minimum absolute atomic E-state index is 0.0121. The van der Waals surface area contributed by atoms with Gasteiger partial charge in [-0.25, -0.2) is 0 Å². The SMILES string of the molecule is CCC(C)C(O)OC1CCC(=NCCCC2COCOC2)C2=CC(=O)C(C)C(CCC(=O)CC(O)CC(=O)O)C21. The van der Waals surface area contributed by atoms with Crippen LogP contribution in [-0.4, -0.2) is 83.6 Å². The van der Waals surface area contributed by atoms with Crippen LogP contribution in [0.3, 0.4) is 0 Å². The molecule has 3 aliphatic rings. The van der Waals surface area contributed by atoms with Crippen LogP contribution in [0.1, 0.15) is 78.6 Å². The number of nitrogens with zero attached hydrogens (tertiary/aromatic N) is 1. The number of rotatable bonds is 15. The average molecular weight is 566 g/mol. The largest absolute Gasteiger partial charge is 0.481 e. The van der Waals surface area contributed by atoms with E-state index in [0.717, 1.165) is 30.5 Å². The van der Waals surface area contributed by atoms with E-state index in [1.165, 1.54) is 0 Å².